The molecule has 0 spiro atoms. The molecule has 0 unspecified atom stereocenters. The van der Waals surface area contributed by atoms with Crippen LogP contribution >= 0.6 is 0 Å². The van der Waals surface area contributed by atoms with Crippen LogP contribution in [0.2, 0.25) is 0 Å². The topological polar surface area (TPSA) is 95.2 Å². The van der Waals surface area contributed by atoms with Crippen molar-refractivity contribution in [2.45, 2.75) is 31.2 Å². The van der Waals surface area contributed by atoms with Crippen LogP contribution in [0.3, 0.4) is 0 Å². The molecule has 2 heterocycles. The van der Waals surface area contributed by atoms with Crippen LogP contribution in [-0.2, 0) is 21.2 Å². The zero-order valence-corrected chi connectivity index (χ0v) is 11.7. The number of amides is 1. The molecule has 1 aliphatic rings. The second kappa shape index (κ2) is 5.70. The first kappa shape index (κ1) is 14.0. The monoisotopic (exact) mass is 286 g/mol. The van der Waals surface area contributed by atoms with Gasteiger partial charge in [0, 0.05) is 19.5 Å². The molecule has 2 N–H and O–H groups in total. The number of imidazole rings is 1. The van der Waals surface area contributed by atoms with E-state index in [2.05, 4.69) is 14.7 Å². The summed E-state index contributed by atoms with van der Waals surface area (Å²) in [6.07, 6.45) is 3.86. The second-order valence-electron chi connectivity index (χ2n) is 4.46. The number of hydrogen-bond donors (Lipinski definition) is 2. The number of likely N-dealkylation sites (tertiary alicyclic amines) is 1. The molecule has 1 amide bonds. The van der Waals surface area contributed by atoms with E-state index >= 15 is 0 Å². The van der Waals surface area contributed by atoms with Gasteiger partial charge in [-0.1, -0.05) is 6.92 Å². The van der Waals surface area contributed by atoms with Crippen molar-refractivity contribution in [3.63, 3.8) is 0 Å². The van der Waals surface area contributed by atoms with Crippen molar-refractivity contribution >= 4 is 15.9 Å². The van der Waals surface area contributed by atoms with E-state index in [1.54, 1.807) is 4.90 Å². The van der Waals surface area contributed by atoms with Gasteiger partial charge in [-0.2, -0.15) is 0 Å². The van der Waals surface area contributed by atoms with E-state index in [1.165, 1.54) is 6.20 Å². The summed E-state index contributed by atoms with van der Waals surface area (Å²) < 4.78 is 26.2. The Morgan fingerprint density at radius 1 is 1.47 bits per heavy atom. The summed E-state index contributed by atoms with van der Waals surface area (Å²) in [6.45, 7) is 3.09. The minimum Gasteiger partial charge on any atom is -0.342 e. The number of carbonyl (C=O) groups is 1. The second-order valence-corrected chi connectivity index (χ2v) is 6.20. The molecular formula is C11H18N4O3S. The number of nitrogens with one attached hydrogen (secondary N) is 2. The fraction of sp³-hybridized carbons (Fsp3) is 0.636. The highest BCUT2D eigenvalue weighted by Crippen LogP contribution is 2.08. The molecule has 2 rings (SSSR count). The van der Waals surface area contributed by atoms with Crippen molar-refractivity contribution in [2.24, 2.45) is 0 Å². The molecule has 106 valence electrons. The van der Waals surface area contributed by atoms with Gasteiger partial charge < -0.3 is 9.88 Å². The Labute approximate surface area is 112 Å². The van der Waals surface area contributed by atoms with Gasteiger partial charge in [-0.25, -0.2) is 18.1 Å². The van der Waals surface area contributed by atoms with E-state index in [-0.39, 0.29) is 17.5 Å². The summed E-state index contributed by atoms with van der Waals surface area (Å²) in [5, 5.41) is -0.00132. The SMILES string of the molecule is CCc1ncc(S(=O)(=O)NCC(=O)N2CCCC2)[nH]1. The maximum absolute atomic E-state index is 11.9. The molecule has 1 saturated heterocycles. The quantitative estimate of drug-likeness (QED) is 0.788. The zero-order valence-electron chi connectivity index (χ0n) is 10.8. The normalized spacial score (nSPS) is 15.9. The number of aryl methyl sites for hydroxylation is 1. The van der Waals surface area contributed by atoms with Crippen molar-refractivity contribution in [3.05, 3.63) is 12.0 Å². The number of nitrogens with zero attached hydrogens (tertiary/aromatic N) is 2. The Hall–Kier alpha value is -1.41. The molecule has 0 aliphatic carbocycles. The molecule has 1 aromatic heterocycles. The summed E-state index contributed by atoms with van der Waals surface area (Å²) in [4.78, 5) is 20.1. The molecule has 1 aromatic rings. The Balaban J connectivity index is 1.95. The highest BCUT2D eigenvalue weighted by Gasteiger charge is 2.22. The first-order valence-corrected chi connectivity index (χ1v) is 7.82. The molecule has 8 heteroatoms. The summed E-state index contributed by atoms with van der Waals surface area (Å²) in [6, 6.07) is 0. The van der Waals surface area contributed by atoms with Crippen LogP contribution in [0.1, 0.15) is 25.6 Å². The van der Waals surface area contributed by atoms with Crippen LogP contribution in [0.25, 0.3) is 0 Å². The van der Waals surface area contributed by atoms with Crippen LogP contribution in [-0.4, -0.2) is 48.8 Å². The fourth-order valence-electron chi connectivity index (χ4n) is 1.97. The van der Waals surface area contributed by atoms with Crippen LogP contribution < -0.4 is 4.72 Å². The van der Waals surface area contributed by atoms with E-state index in [0.29, 0.717) is 25.3 Å². The lowest BCUT2D eigenvalue weighted by Crippen LogP contribution is -2.38. The molecule has 1 fully saturated rings. The number of hydrogen-bond acceptors (Lipinski definition) is 4. The predicted octanol–water partition coefficient (Wildman–Crippen LogP) is -0.127. The smallest absolute Gasteiger partial charge is 0.258 e. The van der Waals surface area contributed by atoms with Crippen molar-refractivity contribution in [2.75, 3.05) is 19.6 Å². The van der Waals surface area contributed by atoms with E-state index in [0.717, 1.165) is 12.8 Å². The molecule has 1 aliphatic heterocycles. The van der Waals surface area contributed by atoms with Gasteiger partial charge in [0.15, 0.2) is 5.03 Å². The van der Waals surface area contributed by atoms with Gasteiger partial charge in [0.1, 0.15) is 5.82 Å². The van der Waals surface area contributed by atoms with Crippen molar-refractivity contribution in [3.8, 4) is 0 Å². The highest BCUT2D eigenvalue weighted by molar-refractivity contribution is 7.89. The fourth-order valence-corrected chi connectivity index (χ4v) is 2.89. The number of aromatic amines is 1. The Kier molecular flexibility index (Phi) is 4.20. The van der Waals surface area contributed by atoms with Gasteiger partial charge >= 0.3 is 0 Å². The number of sulfonamides is 1. The van der Waals surface area contributed by atoms with Gasteiger partial charge in [-0.05, 0) is 12.8 Å². The molecule has 0 radical (unpaired) electrons. The minimum absolute atomic E-state index is 0.00132. The summed E-state index contributed by atoms with van der Waals surface area (Å²) in [5.74, 6) is 0.419. The molecular weight excluding hydrogens is 268 g/mol. The standard InChI is InChI=1S/C11H18N4O3S/c1-2-9-12-7-10(14-9)19(17,18)13-8-11(16)15-5-3-4-6-15/h7,13H,2-6,8H2,1H3,(H,12,14). The number of H-pyrrole nitrogens is 1. The predicted molar refractivity (Wildman–Crippen MR) is 69.0 cm³/mol. The van der Waals surface area contributed by atoms with Gasteiger partial charge in [-0.3, -0.25) is 4.79 Å². The number of carbonyl (C=O) groups excluding carboxylic acids is 1. The lowest BCUT2D eigenvalue weighted by Gasteiger charge is -2.15. The summed E-state index contributed by atoms with van der Waals surface area (Å²) in [5.41, 5.74) is 0. The summed E-state index contributed by atoms with van der Waals surface area (Å²) >= 11 is 0. The molecule has 0 atom stereocenters. The highest BCUT2D eigenvalue weighted by atomic mass is 32.2. The van der Waals surface area contributed by atoms with Crippen molar-refractivity contribution < 1.29 is 13.2 Å². The van der Waals surface area contributed by atoms with Crippen LogP contribution in [0, 0.1) is 0 Å². The minimum atomic E-state index is -3.69. The van der Waals surface area contributed by atoms with Crippen LogP contribution in [0.15, 0.2) is 11.2 Å². The lowest BCUT2D eigenvalue weighted by atomic mass is 10.4. The van der Waals surface area contributed by atoms with E-state index in [1.807, 2.05) is 6.92 Å². The van der Waals surface area contributed by atoms with E-state index in [9.17, 15) is 13.2 Å². The first-order chi connectivity index (χ1) is 9.03. The summed E-state index contributed by atoms with van der Waals surface area (Å²) in [7, 11) is -3.69. The van der Waals surface area contributed by atoms with Gasteiger partial charge in [0.05, 0.1) is 12.7 Å². The Morgan fingerprint density at radius 3 is 2.74 bits per heavy atom. The maximum Gasteiger partial charge on any atom is 0.258 e. The van der Waals surface area contributed by atoms with E-state index in [4.69, 9.17) is 0 Å². The first-order valence-electron chi connectivity index (χ1n) is 6.34. The zero-order chi connectivity index (χ0) is 13.9. The molecule has 0 bridgehead atoms. The lowest BCUT2D eigenvalue weighted by molar-refractivity contribution is -0.128. The van der Waals surface area contributed by atoms with Crippen molar-refractivity contribution in [1.29, 1.82) is 0 Å². The average Bonchev–Trinajstić information content (AvgIpc) is 3.06. The third kappa shape index (κ3) is 3.32. The van der Waals surface area contributed by atoms with Crippen LogP contribution in [0.5, 0.6) is 0 Å². The Morgan fingerprint density at radius 2 is 2.16 bits per heavy atom. The van der Waals surface area contributed by atoms with E-state index < -0.39 is 10.0 Å². The molecule has 19 heavy (non-hydrogen) atoms. The molecule has 0 aromatic carbocycles. The number of aromatic nitrogens is 2. The average molecular weight is 286 g/mol. The third-order valence-electron chi connectivity index (χ3n) is 3.10. The van der Waals surface area contributed by atoms with Gasteiger partial charge in [0.2, 0.25) is 5.91 Å². The van der Waals surface area contributed by atoms with Gasteiger partial charge in [0.25, 0.3) is 10.0 Å². The number of rotatable bonds is 5. The largest absolute Gasteiger partial charge is 0.342 e. The van der Waals surface area contributed by atoms with Gasteiger partial charge in [-0.15, -0.1) is 0 Å². The Bertz CT molecular complexity index is 546. The van der Waals surface area contributed by atoms with Crippen LogP contribution in [0.4, 0.5) is 0 Å². The third-order valence-corrected chi connectivity index (χ3v) is 4.41. The van der Waals surface area contributed by atoms with Crippen molar-refractivity contribution in [1.82, 2.24) is 19.6 Å². The molecule has 0 saturated carbocycles. The molecule has 7 nitrogen and oxygen atoms in total. The maximum atomic E-state index is 11.9.